The number of carbonyl (C=O) groups excluding carboxylic acids is 4. The summed E-state index contributed by atoms with van der Waals surface area (Å²) in [6.07, 6.45) is 6.55. The average Bonchev–Trinajstić information content (AvgIpc) is 3.26. The third-order valence-electron chi connectivity index (χ3n) is 7.45. The molecule has 216 valence electrons. The summed E-state index contributed by atoms with van der Waals surface area (Å²) in [5.74, 6) is -1.84. The molecule has 4 atom stereocenters. The van der Waals surface area contributed by atoms with Gasteiger partial charge in [-0.3, -0.25) is 19.1 Å². The second kappa shape index (κ2) is 12.2. The lowest BCUT2D eigenvalue weighted by molar-refractivity contribution is -0.141. The van der Waals surface area contributed by atoms with Gasteiger partial charge in [0.1, 0.15) is 23.2 Å². The summed E-state index contributed by atoms with van der Waals surface area (Å²) in [6, 6.07) is -1.62. The molecule has 0 aromatic rings. The van der Waals surface area contributed by atoms with Crippen molar-refractivity contribution in [3.8, 4) is 0 Å². The Balaban J connectivity index is 1.81. The molecule has 3 rings (SSSR count). The maximum absolute atomic E-state index is 13.6. The summed E-state index contributed by atoms with van der Waals surface area (Å²) in [7, 11) is -3.80. The molecule has 4 amide bonds. The summed E-state index contributed by atoms with van der Waals surface area (Å²) in [6.45, 7) is 7.31. The van der Waals surface area contributed by atoms with Crippen molar-refractivity contribution in [2.75, 3.05) is 12.3 Å². The molecule has 11 nitrogen and oxygen atoms in total. The summed E-state index contributed by atoms with van der Waals surface area (Å²) >= 11 is 0. The van der Waals surface area contributed by atoms with E-state index in [1.54, 1.807) is 27.7 Å². The Kier molecular flexibility index (Phi) is 9.70. The zero-order chi connectivity index (χ0) is 28.1. The molecule has 0 aromatic carbocycles. The van der Waals surface area contributed by atoms with Crippen molar-refractivity contribution in [2.45, 2.75) is 122 Å². The van der Waals surface area contributed by atoms with E-state index in [1.807, 2.05) is 0 Å². The van der Waals surface area contributed by atoms with Crippen molar-refractivity contribution >= 4 is 33.8 Å². The number of hydrogen-bond donors (Lipinski definition) is 3. The number of alkyl carbamates (subject to hydrolysis) is 1. The molecule has 0 unspecified atom stereocenters. The molecule has 2 aliphatic heterocycles. The first-order valence-electron chi connectivity index (χ1n) is 13.9. The normalized spacial score (nSPS) is 29.2. The van der Waals surface area contributed by atoms with Crippen molar-refractivity contribution in [1.82, 2.24) is 20.3 Å². The van der Waals surface area contributed by atoms with Crippen LogP contribution >= 0.6 is 0 Å². The summed E-state index contributed by atoms with van der Waals surface area (Å²) in [5.41, 5.74) is -2.01. The molecule has 2 saturated heterocycles. The van der Waals surface area contributed by atoms with Crippen LogP contribution in [0.4, 0.5) is 4.79 Å². The highest BCUT2D eigenvalue weighted by atomic mass is 32.2. The fraction of sp³-hybridized carbons (Fsp3) is 0.846. The quantitative estimate of drug-likeness (QED) is 0.470. The molecule has 0 radical (unpaired) electrons. The maximum Gasteiger partial charge on any atom is 0.408 e. The fourth-order valence-electron chi connectivity index (χ4n) is 5.50. The van der Waals surface area contributed by atoms with Gasteiger partial charge in [0.2, 0.25) is 21.8 Å². The van der Waals surface area contributed by atoms with Crippen molar-refractivity contribution in [2.24, 2.45) is 5.92 Å². The number of sulfonamides is 1. The molecule has 0 bridgehead atoms. The van der Waals surface area contributed by atoms with Gasteiger partial charge in [-0.25, -0.2) is 13.2 Å². The van der Waals surface area contributed by atoms with Gasteiger partial charge in [0.25, 0.3) is 5.91 Å². The van der Waals surface area contributed by atoms with Gasteiger partial charge in [0, 0.05) is 6.54 Å². The lowest BCUT2D eigenvalue weighted by Crippen LogP contribution is -2.58. The highest BCUT2D eigenvalue weighted by molar-refractivity contribution is 7.90. The number of ether oxygens (including phenoxy) is 1. The summed E-state index contributed by atoms with van der Waals surface area (Å²) < 4.78 is 32.2. The van der Waals surface area contributed by atoms with Crippen molar-refractivity contribution < 1.29 is 32.3 Å². The minimum atomic E-state index is -3.80. The predicted octanol–water partition coefficient (Wildman–Crippen LogP) is 2.35. The monoisotopic (exact) mass is 556 g/mol. The number of carbonyl (C=O) groups is 4. The molecular weight excluding hydrogens is 512 g/mol. The van der Waals surface area contributed by atoms with E-state index in [0.29, 0.717) is 45.1 Å². The van der Waals surface area contributed by atoms with E-state index in [2.05, 4.69) is 15.4 Å². The average molecular weight is 557 g/mol. The maximum atomic E-state index is 13.6. The number of nitrogens with one attached hydrogen (secondary N) is 3. The Morgan fingerprint density at radius 2 is 1.71 bits per heavy atom. The second-order valence-electron chi connectivity index (χ2n) is 11.8. The topological polar surface area (TPSA) is 151 Å². The smallest absolute Gasteiger partial charge is 0.408 e. The molecule has 3 fully saturated rings. The van der Waals surface area contributed by atoms with Crippen LogP contribution in [0, 0.1) is 5.92 Å². The highest BCUT2D eigenvalue weighted by Gasteiger charge is 2.61. The minimum absolute atomic E-state index is 0.152. The van der Waals surface area contributed by atoms with E-state index in [1.165, 1.54) is 4.90 Å². The van der Waals surface area contributed by atoms with Crippen molar-refractivity contribution in [1.29, 1.82) is 0 Å². The Bertz CT molecular complexity index is 1010. The zero-order valence-corrected chi connectivity index (χ0v) is 24.0. The Morgan fingerprint density at radius 3 is 2.37 bits per heavy atom. The molecule has 3 aliphatic rings. The van der Waals surface area contributed by atoms with Gasteiger partial charge >= 0.3 is 6.09 Å². The van der Waals surface area contributed by atoms with E-state index in [9.17, 15) is 27.6 Å². The van der Waals surface area contributed by atoms with Crippen LogP contribution < -0.4 is 15.4 Å². The lowest BCUT2D eigenvalue weighted by atomic mass is 10.0. The van der Waals surface area contributed by atoms with Crippen molar-refractivity contribution in [3.63, 3.8) is 0 Å². The fourth-order valence-corrected chi connectivity index (χ4v) is 6.61. The van der Waals surface area contributed by atoms with Crippen LogP contribution in [0.15, 0.2) is 0 Å². The van der Waals surface area contributed by atoms with Crippen LogP contribution in [0.2, 0.25) is 0 Å². The first-order valence-corrected chi connectivity index (χ1v) is 15.6. The number of rotatable bonds is 5. The number of nitrogens with zero attached hydrogens (tertiary/aromatic N) is 1. The van der Waals surface area contributed by atoms with E-state index in [0.717, 1.165) is 32.1 Å². The molecule has 0 aromatic heterocycles. The molecule has 2 heterocycles. The van der Waals surface area contributed by atoms with E-state index in [-0.39, 0.29) is 17.6 Å². The molecule has 3 N–H and O–H groups in total. The molecule has 38 heavy (non-hydrogen) atoms. The van der Waals surface area contributed by atoms with Gasteiger partial charge in [-0.2, -0.15) is 0 Å². The van der Waals surface area contributed by atoms with Gasteiger partial charge in [0.15, 0.2) is 0 Å². The molecule has 1 saturated carbocycles. The zero-order valence-electron chi connectivity index (χ0n) is 23.1. The van der Waals surface area contributed by atoms with E-state index in [4.69, 9.17) is 4.74 Å². The first-order chi connectivity index (χ1) is 17.8. The predicted molar refractivity (Wildman–Crippen MR) is 141 cm³/mol. The first kappa shape index (κ1) is 30.2. The van der Waals surface area contributed by atoms with E-state index >= 15 is 0 Å². The van der Waals surface area contributed by atoms with Crippen molar-refractivity contribution in [3.05, 3.63) is 0 Å². The van der Waals surface area contributed by atoms with Crippen LogP contribution in [-0.2, 0) is 29.1 Å². The van der Waals surface area contributed by atoms with Gasteiger partial charge in [-0.15, -0.1) is 0 Å². The minimum Gasteiger partial charge on any atom is -0.444 e. The Morgan fingerprint density at radius 1 is 1.05 bits per heavy atom. The largest absolute Gasteiger partial charge is 0.444 e. The molecular formula is C26H44N4O7S. The van der Waals surface area contributed by atoms with Crippen LogP contribution in [0.3, 0.4) is 0 Å². The lowest BCUT2D eigenvalue weighted by Gasteiger charge is -2.30. The third kappa shape index (κ3) is 7.83. The standard InChI is InChI=1S/C26H44N4O7S/c1-5-16-38(35,36)29-23(33)26-17-18(26)12-9-7-6-8-10-13-19(27-24(34)37-25(2,3)4)22(32)30-15-11-14-20(30)21(31)28-26/h18-20H,5-17H2,1-4H3,(H,27,34)(H,28,31)(H,29,33)/t18-,19+,20+,26-/m1/s1. The summed E-state index contributed by atoms with van der Waals surface area (Å²) in [5, 5.41) is 5.57. The Labute approximate surface area is 226 Å². The van der Waals surface area contributed by atoms with Gasteiger partial charge in [-0.05, 0) is 65.2 Å². The number of hydrogen-bond acceptors (Lipinski definition) is 7. The number of amides is 4. The number of fused-ring (bicyclic) bond motifs is 2. The van der Waals surface area contributed by atoms with Crippen LogP contribution in [0.1, 0.15) is 98.3 Å². The molecule has 1 aliphatic carbocycles. The van der Waals surface area contributed by atoms with Crippen LogP contribution in [0.25, 0.3) is 0 Å². The summed E-state index contributed by atoms with van der Waals surface area (Å²) in [4.78, 5) is 54.2. The van der Waals surface area contributed by atoms with Gasteiger partial charge in [-0.1, -0.05) is 39.0 Å². The second-order valence-corrected chi connectivity index (χ2v) is 13.7. The molecule has 12 heteroatoms. The van der Waals surface area contributed by atoms with Gasteiger partial charge < -0.3 is 20.3 Å². The SMILES string of the molecule is CCCS(=O)(=O)NC(=O)[C@@]12C[C@H]1CCCCCCC[C@H](NC(=O)OC(C)(C)C)C(=O)N1CCC[C@H]1C(=O)N2. The van der Waals surface area contributed by atoms with Crippen LogP contribution in [-0.4, -0.2) is 72.7 Å². The van der Waals surface area contributed by atoms with Crippen LogP contribution in [0.5, 0.6) is 0 Å². The van der Waals surface area contributed by atoms with E-state index < -0.39 is 51.2 Å². The third-order valence-corrected chi connectivity index (χ3v) is 8.89. The van der Waals surface area contributed by atoms with Gasteiger partial charge in [0.05, 0.1) is 5.75 Å². The molecule has 0 spiro atoms. The highest BCUT2D eigenvalue weighted by Crippen LogP contribution is 2.47. The Hall–Kier alpha value is -2.37.